The highest BCUT2D eigenvalue weighted by Crippen LogP contribution is 2.13. The second-order valence-corrected chi connectivity index (χ2v) is 7.48. The third-order valence-electron chi connectivity index (χ3n) is 3.65. The molecule has 128 valence electrons. The lowest BCUT2D eigenvalue weighted by Gasteiger charge is -2.31. The van der Waals surface area contributed by atoms with E-state index in [0.717, 1.165) is 18.4 Å². The Bertz CT molecular complexity index is 650. The Morgan fingerprint density at radius 1 is 1.52 bits per heavy atom. The fourth-order valence-corrected chi connectivity index (χ4v) is 3.36. The summed E-state index contributed by atoms with van der Waals surface area (Å²) in [6.07, 6.45) is 4.30. The summed E-state index contributed by atoms with van der Waals surface area (Å²) in [5.74, 6) is 0.487. The van der Waals surface area contributed by atoms with Crippen LogP contribution in [-0.4, -0.2) is 56.2 Å². The first kappa shape index (κ1) is 17.5. The number of carbonyl (C=O) groups excluding carboxylic acids is 1. The summed E-state index contributed by atoms with van der Waals surface area (Å²) in [6, 6.07) is 3.03. The van der Waals surface area contributed by atoms with Crippen molar-refractivity contribution in [3.63, 3.8) is 0 Å². The van der Waals surface area contributed by atoms with Gasteiger partial charge in [-0.3, -0.25) is 0 Å². The lowest BCUT2D eigenvalue weighted by atomic mass is 10.1. The first-order valence-corrected chi connectivity index (χ1v) is 9.21. The quantitative estimate of drug-likeness (QED) is 0.802. The largest absolute Gasteiger partial charge is 0.481 e. The zero-order chi connectivity index (χ0) is 16.9. The minimum atomic E-state index is -3.22. The molecule has 1 aromatic rings. The number of hydrogen-bond donors (Lipinski definition) is 2. The number of pyridine rings is 1. The maximum atomic E-state index is 12.0. The van der Waals surface area contributed by atoms with E-state index in [-0.39, 0.29) is 12.1 Å². The molecule has 0 unspecified atom stereocenters. The summed E-state index contributed by atoms with van der Waals surface area (Å²) in [4.78, 5) is 16.0. The number of aromatic nitrogens is 1. The molecule has 8 nitrogen and oxygen atoms in total. The van der Waals surface area contributed by atoms with Gasteiger partial charge in [-0.2, -0.15) is 0 Å². The maximum absolute atomic E-state index is 12.0. The molecule has 1 fully saturated rings. The van der Waals surface area contributed by atoms with Crippen LogP contribution in [0.3, 0.4) is 0 Å². The number of nitrogens with one attached hydrogen (secondary N) is 2. The van der Waals surface area contributed by atoms with Crippen LogP contribution in [0.1, 0.15) is 18.4 Å². The van der Waals surface area contributed by atoms with Crippen LogP contribution in [0.5, 0.6) is 5.88 Å². The summed E-state index contributed by atoms with van der Waals surface area (Å²) < 4.78 is 29.6. The highest BCUT2D eigenvalue weighted by atomic mass is 32.2. The summed E-state index contributed by atoms with van der Waals surface area (Å²) in [6.45, 7) is 1.16. The SMILES string of the molecule is COc1cc(CNC(=O)N[C@H]2CCCN(S(C)(=O)=O)C2)ccn1. The number of hydrogen-bond acceptors (Lipinski definition) is 5. The van der Waals surface area contributed by atoms with Gasteiger partial charge in [-0.05, 0) is 24.5 Å². The Morgan fingerprint density at radius 3 is 3.00 bits per heavy atom. The van der Waals surface area contributed by atoms with Gasteiger partial charge in [0.05, 0.1) is 13.4 Å². The van der Waals surface area contributed by atoms with Crippen LogP contribution in [0.4, 0.5) is 4.79 Å². The molecule has 1 atom stereocenters. The van der Waals surface area contributed by atoms with Crippen LogP contribution in [0.25, 0.3) is 0 Å². The lowest BCUT2D eigenvalue weighted by molar-refractivity contribution is 0.225. The maximum Gasteiger partial charge on any atom is 0.315 e. The van der Waals surface area contributed by atoms with Crippen molar-refractivity contribution in [2.45, 2.75) is 25.4 Å². The molecule has 1 aliphatic rings. The van der Waals surface area contributed by atoms with E-state index in [4.69, 9.17) is 4.74 Å². The third kappa shape index (κ3) is 5.36. The van der Waals surface area contributed by atoms with Gasteiger partial charge in [0.15, 0.2) is 0 Å². The smallest absolute Gasteiger partial charge is 0.315 e. The molecular weight excluding hydrogens is 320 g/mol. The van der Waals surface area contributed by atoms with Crippen LogP contribution >= 0.6 is 0 Å². The number of ether oxygens (including phenoxy) is 1. The third-order valence-corrected chi connectivity index (χ3v) is 4.92. The minimum Gasteiger partial charge on any atom is -0.481 e. The Labute approximate surface area is 136 Å². The van der Waals surface area contributed by atoms with Crippen molar-refractivity contribution in [1.82, 2.24) is 19.9 Å². The molecule has 0 aliphatic carbocycles. The predicted molar refractivity (Wildman–Crippen MR) is 85.6 cm³/mol. The summed E-state index contributed by atoms with van der Waals surface area (Å²) >= 11 is 0. The average molecular weight is 342 g/mol. The number of nitrogens with zero attached hydrogens (tertiary/aromatic N) is 2. The number of urea groups is 1. The van der Waals surface area contributed by atoms with Gasteiger partial charge in [-0.15, -0.1) is 0 Å². The number of carbonyl (C=O) groups is 1. The number of rotatable bonds is 5. The van der Waals surface area contributed by atoms with Crippen LogP contribution in [-0.2, 0) is 16.6 Å². The summed E-state index contributed by atoms with van der Waals surface area (Å²) in [5, 5.41) is 5.57. The topological polar surface area (TPSA) is 101 Å². The van der Waals surface area contributed by atoms with E-state index in [1.807, 2.05) is 0 Å². The molecular formula is C14H22N4O4S. The molecule has 2 rings (SSSR count). The molecule has 2 heterocycles. The monoisotopic (exact) mass is 342 g/mol. The van der Waals surface area contributed by atoms with E-state index in [0.29, 0.717) is 25.5 Å². The minimum absolute atomic E-state index is 0.176. The van der Waals surface area contributed by atoms with E-state index in [1.54, 1.807) is 18.3 Å². The summed E-state index contributed by atoms with van der Waals surface area (Å²) in [5.41, 5.74) is 0.869. The van der Waals surface area contributed by atoms with Gasteiger partial charge < -0.3 is 15.4 Å². The zero-order valence-electron chi connectivity index (χ0n) is 13.3. The van der Waals surface area contributed by atoms with Crippen molar-refractivity contribution in [3.8, 4) is 5.88 Å². The van der Waals surface area contributed by atoms with Crippen LogP contribution in [0, 0.1) is 0 Å². The normalized spacial score (nSPS) is 19.1. The van der Waals surface area contributed by atoms with Crippen LogP contribution in [0.2, 0.25) is 0 Å². The molecule has 23 heavy (non-hydrogen) atoms. The molecule has 0 saturated carbocycles. The molecule has 1 aliphatic heterocycles. The molecule has 0 radical (unpaired) electrons. The predicted octanol–water partition coefficient (Wildman–Crippen LogP) is 0.313. The van der Waals surface area contributed by atoms with Crippen LogP contribution in [0.15, 0.2) is 18.3 Å². The first-order chi connectivity index (χ1) is 10.9. The molecule has 1 aromatic heterocycles. The van der Waals surface area contributed by atoms with E-state index >= 15 is 0 Å². The van der Waals surface area contributed by atoms with Gasteiger partial charge in [0.2, 0.25) is 15.9 Å². The molecule has 0 bridgehead atoms. The van der Waals surface area contributed by atoms with E-state index < -0.39 is 10.0 Å². The van der Waals surface area contributed by atoms with E-state index in [1.165, 1.54) is 17.7 Å². The highest BCUT2D eigenvalue weighted by Gasteiger charge is 2.26. The van der Waals surface area contributed by atoms with Gasteiger partial charge >= 0.3 is 6.03 Å². The van der Waals surface area contributed by atoms with Gasteiger partial charge in [0.25, 0.3) is 0 Å². The summed E-state index contributed by atoms with van der Waals surface area (Å²) in [7, 11) is -1.69. The molecule has 0 spiro atoms. The number of piperidine rings is 1. The van der Waals surface area contributed by atoms with Gasteiger partial charge in [-0.1, -0.05) is 0 Å². The van der Waals surface area contributed by atoms with Crippen molar-refractivity contribution in [3.05, 3.63) is 23.9 Å². The number of sulfonamides is 1. The van der Waals surface area contributed by atoms with Gasteiger partial charge in [0.1, 0.15) is 0 Å². The van der Waals surface area contributed by atoms with Crippen molar-refractivity contribution in [1.29, 1.82) is 0 Å². The number of methoxy groups -OCH3 is 1. The first-order valence-electron chi connectivity index (χ1n) is 7.37. The van der Waals surface area contributed by atoms with Gasteiger partial charge in [0, 0.05) is 37.9 Å². The molecule has 1 saturated heterocycles. The van der Waals surface area contributed by atoms with Crippen molar-refractivity contribution in [2.75, 3.05) is 26.5 Å². The Balaban J connectivity index is 1.82. The highest BCUT2D eigenvalue weighted by molar-refractivity contribution is 7.88. The average Bonchev–Trinajstić information content (AvgIpc) is 2.52. The molecule has 0 aromatic carbocycles. The Hall–Kier alpha value is -1.87. The van der Waals surface area contributed by atoms with Crippen molar-refractivity contribution >= 4 is 16.1 Å². The Morgan fingerprint density at radius 2 is 2.30 bits per heavy atom. The second kappa shape index (κ2) is 7.60. The standard InChI is InChI=1S/C14H22N4O4S/c1-22-13-8-11(5-6-15-13)9-16-14(19)17-12-4-3-7-18(10-12)23(2,20)21/h5-6,8,12H,3-4,7,9-10H2,1-2H3,(H2,16,17,19)/t12-/m0/s1. The molecule has 2 amide bonds. The second-order valence-electron chi connectivity index (χ2n) is 5.49. The van der Waals surface area contributed by atoms with Crippen molar-refractivity contribution < 1.29 is 17.9 Å². The zero-order valence-corrected chi connectivity index (χ0v) is 14.1. The van der Waals surface area contributed by atoms with E-state index in [2.05, 4.69) is 15.6 Å². The van der Waals surface area contributed by atoms with Gasteiger partial charge in [-0.25, -0.2) is 22.5 Å². The fraction of sp³-hybridized carbons (Fsp3) is 0.571. The van der Waals surface area contributed by atoms with Crippen molar-refractivity contribution in [2.24, 2.45) is 0 Å². The molecule has 9 heteroatoms. The van der Waals surface area contributed by atoms with Crippen LogP contribution < -0.4 is 15.4 Å². The number of amides is 2. The molecule has 2 N–H and O–H groups in total. The Kier molecular flexibility index (Phi) is 5.78. The lowest BCUT2D eigenvalue weighted by Crippen LogP contribution is -2.51. The fourth-order valence-electron chi connectivity index (χ4n) is 2.45. The van der Waals surface area contributed by atoms with E-state index in [9.17, 15) is 13.2 Å².